The first-order valence-corrected chi connectivity index (χ1v) is 14.7. The maximum Gasteiger partial charge on any atom is 0.272 e. The molecule has 0 aromatic heterocycles. The number of thioether (sulfide) groups is 1. The molecule has 0 spiro atoms. The van der Waals surface area contributed by atoms with Crippen LogP contribution in [-0.4, -0.2) is 23.0 Å². The molecule has 0 saturated heterocycles. The van der Waals surface area contributed by atoms with E-state index in [-0.39, 0.29) is 16.9 Å². The number of aryl methyl sites for hydroxylation is 1. The van der Waals surface area contributed by atoms with Crippen molar-refractivity contribution in [2.45, 2.75) is 30.9 Å². The van der Waals surface area contributed by atoms with E-state index in [9.17, 15) is 14.4 Å². The molecule has 0 bridgehead atoms. The summed E-state index contributed by atoms with van der Waals surface area (Å²) < 4.78 is 0.848. The number of halogens is 1. The van der Waals surface area contributed by atoms with Crippen LogP contribution in [0.3, 0.4) is 0 Å². The Labute approximate surface area is 252 Å². The summed E-state index contributed by atoms with van der Waals surface area (Å²) in [5, 5.41) is 8.27. The van der Waals surface area contributed by atoms with Gasteiger partial charge in [0.05, 0.1) is 5.25 Å². The average Bonchev–Trinajstić information content (AvgIpc) is 2.95. The number of nitrogens with one attached hydrogen (secondary N) is 3. The molecule has 0 aliphatic carbocycles. The van der Waals surface area contributed by atoms with Crippen LogP contribution in [0.2, 0.25) is 0 Å². The first-order chi connectivity index (χ1) is 19.7. The van der Waals surface area contributed by atoms with Crippen molar-refractivity contribution < 1.29 is 14.4 Å². The molecule has 3 N–H and O–H groups in total. The highest BCUT2D eigenvalue weighted by Gasteiger charge is 2.18. The Morgan fingerprint density at radius 2 is 1.56 bits per heavy atom. The first-order valence-electron chi connectivity index (χ1n) is 13.0. The van der Waals surface area contributed by atoms with Gasteiger partial charge < -0.3 is 16.0 Å². The number of amides is 3. The van der Waals surface area contributed by atoms with Crippen molar-refractivity contribution in [2.24, 2.45) is 0 Å². The molecule has 1 unspecified atom stereocenters. The van der Waals surface area contributed by atoms with Gasteiger partial charge >= 0.3 is 0 Å². The highest BCUT2D eigenvalue weighted by Crippen LogP contribution is 2.28. The van der Waals surface area contributed by atoms with Gasteiger partial charge in [-0.05, 0) is 92.1 Å². The third kappa shape index (κ3) is 8.42. The summed E-state index contributed by atoms with van der Waals surface area (Å²) in [5.74, 6) is -0.979. The highest BCUT2D eigenvalue weighted by atomic mass is 79.9. The molecule has 4 aromatic carbocycles. The van der Waals surface area contributed by atoms with Crippen LogP contribution in [0.4, 0.5) is 11.4 Å². The summed E-state index contributed by atoms with van der Waals surface area (Å²) in [6, 6.07) is 29.2. The molecule has 0 aliphatic heterocycles. The SMILES string of the molecule is Cc1cccc(NC(=O)C(C)Sc2cccc(NC(=O)/C(=C\c3cccc(Br)c3)NC(=O)c3ccccc3)c2)c1C. The third-order valence-electron chi connectivity index (χ3n) is 6.32. The summed E-state index contributed by atoms with van der Waals surface area (Å²) >= 11 is 4.83. The minimum atomic E-state index is -0.475. The summed E-state index contributed by atoms with van der Waals surface area (Å²) in [5.41, 5.74) is 4.75. The minimum absolute atomic E-state index is 0.0938. The van der Waals surface area contributed by atoms with Crippen LogP contribution in [0.15, 0.2) is 112 Å². The van der Waals surface area contributed by atoms with Crippen molar-refractivity contribution >= 4 is 62.9 Å². The maximum absolute atomic E-state index is 13.4. The summed E-state index contributed by atoms with van der Waals surface area (Å²) in [6.07, 6.45) is 1.62. The molecule has 3 amide bonds. The smallest absolute Gasteiger partial charge is 0.272 e. The molecular formula is C33H30BrN3O3S. The van der Waals surface area contributed by atoms with Crippen LogP contribution in [-0.2, 0) is 9.59 Å². The Kier molecular flexibility index (Phi) is 10.2. The lowest BCUT2D eigenvalue weighted by molar-refractivity contribution is -0.115. The number of rotatable bonds is 9. The molecule has 0 radical (unpaired) electrons. The van der Waals surface area contributed by atoms with E-state index in [1.54, 1.807) is 42.5 Å². The standard InChI is InChI=1S/C33H30BrN3O3S/c1-21-10-7-17-29(22(21)2)36-31(38)23(3)41-28-16-9-15-27(20-28)35-33(40)30(19-24-11-8-14-26(34)18-24)37-32(39)25-12-5-4-6-13-25/h4-20,23H,1-3H3,(H,35,40)(H,36,38)(H,37,39)/b30-19+. The van der Waals surface area contributed by atoms with Crippen molar-refractivity contribution in [2.75, 3.05) is 10.6 Å². The molecule has 0 saturated carbocycles. The fourth-order valence-electron chi connectivity index (χ4n) is 3.93. The Hall–Kier alpha value is -4.14. The predicted octanol–water partition coefficient (Wildman–Crippen LogP) is 7.59. The van der Waals surface area contributed by atoms with E-state index in [4.69, 9.17) is 0 Å². The van der Waals surface area contributed by atoms with Crippen molar-refractivity contribution in [3.05, 3.63) is 129 Å². The normalized spacial score (nSPS) is 11.9. The number of carbonyl (C=O) groups is 3. The average molecular weight is 629 g/mol. The van der Waals surface area contributed by atoms with Crippen LogP contribution in [0.25, 0.3) is 6.08 Å². The quantitative estimate of drug-likeness (QED) is 0.132. The lowest BCUT2D eigenvalue weighted by Crippen LogP contribution is -2.30. The maximum atomic E-state index is 13.4. The molecule has 0 heterocycles. The van der Waals surface area contributed by atoms with E-state index in [1.165, 1.54) is 11.8 Å². The third-order valence-corrected chi connectivity index (χ3v) is 7.91. The van der Waals surface area contributed by atoms with Gasteiger partial charge in [-0.1, -0.05) is 64.5 Å². The van der Waals surface area contributed by atoms with E-state index < -0.39 is 11.8 Å². The molecule has 41 heavy (non-hydrogen) atoms. The fourth-order valence-corrected chi connectivity index (χ4v) is 5.27. The first kappa shape index (κ1) is 29.8. The second-order valence-corrected chi connectivity index (χ2v) is 11.7. The van der Waals surface area contributed by atoms with Gasteiger partial charge in [0.15, 0.2) is 0 Å². The second kappa shape index (κ2) is 14.0. The van der Waals surface area contributed by atoms with Crippen LogP contribution < -0.4 is 16.0 Å². The Balaban J connectivity index is 1.48. The highest BCUT2D eigenvalue weighted by molar-refractivity contribution is 9.10. The zero-order valence-electron chi connectivity index (χ0n) is 22.9. The summed E-state index contributed by atoms with van der Waals surface area (Å²) in [4.78, 5) is 40.0. The van der Waals surface area contributed by atoms with Gasteiger partial charge in [0.2, 0.25) is 5.91 Å². The van der Waals surface area contributed by atoms with Crippen LogP contribution in [0.1, 0.15) is 34.0 Å². The van der Waals surface area contributed by atoms with Gasteiger partial charge in [0.1, 0.15) is 5.70 Å². The van der Waals surface area contributed by atoms with Crippen LogP contribution >= 0.6 is 27.7 Å². The minimum Gasteiger partial charge on any atom is -0.325 e. The lowest BCUT2D eigenvalue weighted by Gasteiger charge is -2.15. The van der Waals surface area contributed by atoms with E-state index in [0.29, 0.717) is 11.3 Å². The van der Waals surface area contributed by atoms with Gasteiger partial charge in [0.25, 0.3) is 11.8 Å². The largest absolute Gasteiger partial charge is 0.325 e. The molecule has 6 nitrogen and oxygen atoms in total. The lowest BCUT2D eigenvalue weighted by atomic mass is 10.1. The van der Waals surface area contributed by atoms with E-state index >= 15 is 0 Å². The molecule has 4 rings (SSSR count). The second-order valence-electron chi connectivity index (χ2n) is 9.41. The van der Waals surface area contributed by atoms with Gasteiger partial charge in [-0.25, -0.2) is 0 Å². The van der Waals surface area contributed by atoms with Gasteiger partial charge in [0, 0.05) is 26.3 Å². The number of benzene rings is 4. The monoisotopic (exact) mass is 627 g/mol. The van der Waals surface area contributed by atoms with Gasteiger partial charge in [-0.3, -0.25) is 14.4 Å². The predicted molar refractivity (Wildman–Crippen MR) is 171 cm³/mol. The van der Waals surface area contributed by atoms with Crippen LogP contribution in [0, 0.1) is 13.8 Å². The molecule has 4 aromatic rings. The zero-order valence-corrected chi connectivity index (χ0v) is 25.3. The Morgan fingerprint density at radius 1 is 0.829 bits per heavy atom. The Morgan fingerprint density at radius 3 is 2.32 bits per heavy atom. The molecule has 1 atom stereocenters. The molecule has 0 fully saturated rings. The van der Waals surface area contributed by atoms with Crippen molar-refractivity contribution in [1.29, 1.82) is 0 Å². The molecule has 8 heteroatoms. The number of anilines is 2. The molecular weight excluding hydrogens is 598 g/mol. The van der Waals surface area contributed by atoms with Crippen molar-refractivity contribution in [3.63, 3.8) is 0 Å². The Bertz CT molecular complexity index is 1600. The van der Waals surface area contributed by atoms with E-state index in [2.05, 4.69) is 31.9 Å². The number of hydrogen-bond donors (Lipinski definition) is 3. The van der Waals surface area contributed by atoms with E-state index in [0.717, 1.165) is 31.7 Å². The van der Waals surface area contributed by atoms with Gasteiger partial charge in [-0.15, -0.1) is 11.8 Å². The number of hydrogen-bond acceptors (Lipinski definition) is 4. The zero-order chi connectivity index (χ0) is 29.4. The topological polar surface area (TPSA) is 87.3 Å². The van der Waals surface area contributed by atoms with Crippen molar-refractivity contribution in [3.8, 4) is 0 Å². The van der Waals surface area contributed by atoms with Crippen molar-refractivity contribution in [1.82, 2.24) is 5.32 Å². The van der Waals surface area contributed by atoms with E-state index in [1.807, 2.05) is 81.4 Å². The molecule has 208 valence electrons. The molecule has 0 aliphatic rings. The summed E-state index contributed by atoms with van der Waals surface area (Å²) in [7, 11) is 0. The van der Waals surface area contributed by atoms with Gasteiger partial charge in [-0.2, -0.15) is 0 Å². The number of carbonyl (C=O) groups excluding carboxylic acids is 3. The van der Waals surface area contributed by atoms with Crippen LogP contribution in [0.5, 0.6) is 0 Å². The fraction of sp³-hybridized carbons (Fsp3) is 0.121. The summed E-state index contributed by atoms with van der Waals surface area (Å²) in [6.45, 7) is 5.83.